The molecule has 0 aliphatic carbocycles. The van der Waals surface area contributed by atoms with Crippen LogP contribution in [0.3, 0.4) is 0 Å². The van der Waals surface area contributed by atoms with E-state index in [1.165, 1.54) is 6.07 Å². The number of hydrogen-bond acceptors (Lipinski definition) is 1. The Kier molecular flexibility index (Phi) is 2.88. The summed E-state index contributed by atoms with van der Waals surface area (Å²) in [4.78, 5) is 0. The molecule has 0 fully saturated rings. The van der Waals surface area contributed by atoms with Gasteiger partial charge in [0, 0.05) is 10.8 Å². The molecule has 4 rings (SSSR count). The summed E-state index contributed by atoms with van der Waals surface area (Å²) in [5.74, 6) is 0. The number of nitrogens with zero attached hydrogens (tertiary/aromatic N) is 2. The fraction of sp³-hybridized carbons (Fsp3) is 0.167. The van der Waals surface area contributed by atoms with E-state index in [-0.39, 0.29) is 0 Å². The van der Waals surface area contributed by atoms with Crippen LogP contribution in [-0.2, 0) is 12.6 Å². The van der Waals surface area contributed by atoms with Gasteiger partial charge >= 0.3 is 6.18 Å². The topological polar surface area (TPSA) is 17.3 Å². The fourth-order valence-corrected chi connectivity index (χ4v) is 3.04. The van der Waals surface area contributed by atoms with E-state index in [4.69, 9.17) is 0 Å². The van der Waals surface area contributed by atoms with Crippen molar-refractivity contribution in [3.05, 3.63) is 59.8 Å². The maximum atomic E-state index is 13.5. The minimum atomic E-state index is -4.46. The molecule has 2 nitrogen and oxygen atoms in total. The summed E-state index contributed by atoms with van der Waals surface area (Å²) in [7, 11) is 0. The molecule has 4 aromatic rings. The molecule has 2 aromatic carbocycles. The van der Waals surface area contributed by atoms with Gasteiger partial charge in [-0.2, -0.15) is 18.3 Å². The highest BCUT2D eigenvalue weighted by molar-refractivity contribution is 6.09. The van der Waals surface area contributed by atoms with E-state index in [1.54, 1.807) is 12.1 Å². The first kappa shape index (κ1) is 14.1. The lowest BCUT2D eigenvalue weighted by atomic mass is 10.0. The van der Waals surface area contributed by atoms with Crippen LogP contribution in [0.2, 0.25) is 0 Å². The third kappa shape index (κ3) is 2.07. The summed E-state index contributed by atoms with van der Waals surface area (Å²) in [6.45, 7) is 1.98. The average molecular weight is 314 g/mol. The van der Waals surface area contributed by atoms with Crippen molar-refractivity contribution in [3.8, 4) is 0 Å². The molecule has 0 saturated carbocycles. The summed E-state index contributed by atoms with van der Waals surface area (Å²) in [6, 6.07) is 14.0. The summed E-state index contributed by atoms with van der Waals surface area (Å²) < 4.78 is 41.5. The standard InChI is InChI=1S/C18H13F3N2/c1-2-11-7-8-13-12(9-11)10-16(18(19,20)21)23-17(13)14-5-3-4-6-15(14)22-23/h3-10H,2H2,1H3. The quantitative estimate of drug-likeness (QED) is 0.471. The first-order valence-corrected chi connectivity index (χ1v) is 7.39. The molecular weight excluding hydrogens is 301 g/mol. The molecule has 116 valence electrons. The maximum absolute atomic E-state index is 13.5. The molecule has 0 atom stereocenters. The Labute approximate surface area is 130 Å². The zero-order chi connectivity index (χ0) is 16.2. The molecule has 0 spiro atoms. The number of fused-ring (bicyclic) bond motifs is 5. The normalized spacial score (nSPS) is 12.5. The Bertz CT molecular complexity index is 1040. The molecule has 0 aliphatic heterocycles. The molecule has 0 radical (unpaired) electrons. The van der Waals surface area contributed by atoms with E-state index in [9.17, 15) is 13.2 Å². The molecule has 23 heavy (non-hydrogen) atoms. The van der Waals surface area contributed by atoms with E-state index < -0.39 is 11.9 Å². The zero-order valence-electron chi connectivity index (χ0n) is 12.4. The van der Waals surface area contributed by atoms with Crippen LogP contribution in [-0.4, -0.2) is 9.61 Å². The van der Waals surface area contributed by atoms with Gasteiger partial charge in [0.05, 0.1) is 11.0 Å². The fourth-order valence-electron chi connectivity index (χ4n) is 3.04. The van der Waals surface area contributed by atoms with Crippen LogP contribution < -0.4 is 0 Å². The van der Waals surface area contributed by atoms with Crippen molar-refractivity contribution in [2.75, 3.05) is 0 Å². The van der Waals surface area contributed by atoms with Gasteiger partial charge in [-0.3, -0.25) is 0 Å². The van der Waals surface area contributed by atoms with E-state index in [0.29, 0.717) is 16.4 Å². The van der Waals surface area contributed by atoms with Gasteiger partial charge in [-0.05, 0) is 29.5 Å². The second-order valence-corrected chi connectivity index (χ2v) is 5.58. The van der Waals surface area contributed by atoms with Gasteiger partial charge in [-0.1, -0.05) is 43.3 Å². The average Bonchev–Trinajstić information content (AvgIpc) is 2.92. The first-order chi connectivity index (χ1) is 11.0. The number of hydrogen-bond donors (Lipinski definition) is 0. The summed E-state index contributed by atoms with van der Waals surface area (Å²) >= 11 is 0. The highest BCUT2D eigenvalue weighted by Gasteiger charge is 2.35. The van der Waals surface area contributed by atoms with Crippen LogP contribution in [0, 0.1) is 0 Å². The predicted molar refractivity (Wildman–Crippen MR) is 84.6 cm³/mol. The molecule has 0 aliphatic rings. The van der Waals surface area contributed by atoms with E-state index in [1.807, 2.05) is 37.3 Å². The van der Waals surface area contributed by atoms with Crippen LogP contribution >= 0.6 is 0 Å². The molecule has 2 heterocycles. The second-order valence-electron chi connectivity index (χ2n) is 5.58. The lowest BCUT2D eigenvalue weighted by molar-refractivity contribution is -0.142. The Morgan fingerprint density at radius 2 is 1.78 bits per heavy atom. The van der Waals surface area contributed by atoms with Gasteiger partial charge < -0.3 is 0 Å². The Balaban J connectivity index is 2.27. The number of aryl methyl sites for hydroxylation is 1. The van der Waals surface area contributed by atoms with E-state index >= 15 is 0 Å². The van der Waals surface area contributed by atoms with Crippen molar-refractivity contribution in [2.24, 2.45) is 0 Å². The highest BCUT2D eigenvalue weighted by atomic mass is 19.4. The van der Waals surface area contributed by atoms with Crippen molar-refractivity contribution in [2.45, 2.75) is 19.5 Å². The minimum absolute atomic E-state index is 0.507. The number of halogens is 3. The number of rotatable bonds is 1. The number of pyridine rings is 1. The highest BCUT2D eigenvalue weighted by Crippen LogP contribution is 2.36. The molecule has 0 bridgehead atoms. The number of benzene rings is 2. The van der Waals surface area contributed by atoms with Crippen LogP contribution in [0.15, 0.2) is 48.5 Å². The number of alkyl halides is 3. The predicted octanol–water partition coefficient (Wildman–Crippen LogP) is 5.22. The SMILES string of the molecule is CCc1ccc2c(c1)cc(C(F)(F)F)n1nc3ccccc3c21. The van der Waals surface area contributed by atoms with Crippen molar-refractivity contribution in [1.82, 2.24) is 9.61 Å². The minimum Gasteiger partial charge on any atom is -0.227 e. The van der Waals surface area contributed by atoms with Crippen LogP contribution in [0.25, 0.3) is 27.2 Å². The van der Waals surface area contributed by atoms with Crippen molar-refractivity contribution < 1.29 is 13.2 Å². The van der Waals surface area contributed by atoms with Gasteiger partial charge in [0.1, 0.15) is 5.69 Å². The molecule has 2 aromatic heterocycles. The van der Waals surface area contributed by atoms with Crippen molar-refractivity contribution >= 4 is 27.2 Å². The molecule has 0 amide bonds. The van der Waals surface area contributed by atoms with Gasteiger partial charge in [0.15, 0.2) is 0 Å². The van der Waals surface area contributed by atoms with Gasteiger partial charge in [-0.25, -0.2) is 4.52 Å². The van der Waals surface area contributed by atoms with Gasteiger partial charge in [0.25, 0.3) is 0 Å². The summed E-state index contributed by atoms with van der Waals surface area (Å²) in [5, 5.41) is 6.27. The molecule has 5 heteroatoms. The lowest BCUT2D eigenvalue weighted by Crippen LogP contribution is -2.12. The summed E-state index contributed by atoms with van der Waals surface area (Å²) in [5.41, 5.74) is 1.33. The monoisotopic (exact) mass is 314 g/mol. The third-order valence-corrected chi connectivity index (χ3v) is 4.17. The van der Waals surface area contributed by atoms with Crippen molar-refractivity contribution in [3.63, 3.8) is 0 Å². The Morgan fingerprint density at radius 3 is 2.52 bits per heavy atom. The second kappa shape index (κ2) is 4.72. The lowest BCUT2D eigenvalue weighted by Gasteiger charge is -2.12. The molecule has 0 unspecified atom stereocenters. The molecule has 0 saturated heterocycles. The largest absolute Gasteiger partial charge is 0.433 e. The molecule has 0 N–H and O–H groups in total. The van der Waals surface area contributed by atoms with Crippen LogP contribution in [0.4, 0.5) is 13.2 Å². The van der Waals surface area contributed by atoms with Gasteiger partial charge in [0.2, 0.25) is 0 Å². The summed E-state index contributed by atoms with van der Waals surface area (Å²) in [6.07, 6.45) is -3.68. The van der Waals surface area contributed by atoms with E-state index in [0.717, 1.165) is 27.3 Å². The van der Waals surface area contributed by atoms with Crippen molar-refractivity contribution in [1.29, 1.82) is 0 Å². The van der Waals surface area contributed by atoms with E-state index in [2.05, 4.69) is 5.10 Å². The Morgan fingerprint density at radius 1 is 1.00 bits per heavy atom. The molecular formula is C18H13F3N2. The maximum Gasteiger partial charge on any atom is 0.433 e. The number of aromatic nitrogens is 2. The van der Waals surface area contributed by atoms with Crippen LogP contribution in [0.5, 0.6) is 0 Å². The van der Waals surface area contributed by atoms with Crippen LogP contribution in [0.1, 0.15) is 18.2 Å². The first-order valence-electron chi connectivity index (χ1n) is 7.39. The zero-order valence-corrected chi connectivity index (χ0v) is 12.4. The Hall–Kier alpha value is -2.56. The smallest absolute Gasteiger partial charge is 0.227 e. The third-order valence-electron chi connectivity index (χ3n) is 4.17. The van der Waals surface area contributed by atoms with Gasteiger partial charge in [-0.15, -0.1) is 0 Å².